The summed E-state index contributed by atoms with van der Waals surface area (Å²) in [5.41, 5.74) is 0.611. The summed E-state index contributed by atoms with van der Waals surface area (Å²) < 4.78 is 34.4. The average Bonchev–Trinajstić information content (AvgIpc) is 3.29. The predicted octanol–water partition coefficient (Wildman–Crippen LogP) is 2.35. The number of piperidine rings is 1. The molecular formula is C17H17N3O5S. The molecule has 1 saturated heterocycles. The van der Waals surface area contributed by atoms with E-state index < -0.39 is 16.0 Å². The van der Waals surface area contributed by atoms with Crippen LogP contribution >= 0.6 is 0 Å². The van der Waals surface area contributed by atoms with Crippen molar-refractivity contribution in [3.8, 4) is 0 Å². The van der Waals surface area contributed by atoms with Gasteiger partial charge < -0.3 is 9.52 Å². The Bertz CT molecular complexity index is 1040. The Hall–Kier alpha value is -2.65. The van der Waals surface area contributed by atoms with Crippen molar-refractivity contribution in [1.29, 1.82) is 0 Å². The average molecular weight is 375 g/mol. The Morgan fingerprint density at radius 1 is 1.31 bits per heavy atom. The zero-order valence-corrected chi connectivity index (χ0v) is 14.6. The number of hydrogen-bond acceptors (Lipinski definition) is 5. The van der Waals surface area contributed by atoms with Crippen LogP contribution < -0.4 is 0 Å². The van der Waals surface area contributed by atoms with Gasteiger partial charge >= 0.3 is 5.97 Å². The Kier molecular flexibility index (Phi) is 4.04. The van der Waals surface area contributed by atoms with Gasteiger partial charge in [0.15, 0.2) is 0 Å². The lowest BCUT2D eigenvalue weighted by Gasteiger charge is -2.31. The maximum absolute atomic E-state index is 13.0. The van der Waals surface area contributed by atoms with E-state index in [-0.39, 0.29) is 23.2 Å². The topological polar surface area (TPSA) is 106 Å². The first-order valence-corrected chi connectivity index (χ1v) is 9.65. The molecule has 1 aliphatic rings. The summed E-state index contributed by atoms with van der Waals surface area (Å²) in [6.45, 7) is 0.614. The summed E-state index contributed by atoms with van der Waals surface area (Å²) >= 11 is 0. The van der Waals surface area contributed by atoms with Gasteiger partial charge in [0.25, 0.3) is 10.0 Å². The Morgan fingerprint density at radius 2 is 2.12 bits per heavy atom. The molecule has 0 amide bonds. The molecule has 1 aliphatic heterocycles. The smallest absolute Gasteiger partial charge is 0.338 e. The van der Waals surface area contributed by atoms with E-state index in [0.29, 0.717) is 18.5 Å². The number of benzene rings is 1. The standard InChI is InChI=1S/C17H17N3O5S/c21-17(22)13-9-18-20(10-13)14-5-3-7-19(11-14)26(23,24)16-8-12-4-1-2-6-15(12)25-16/h1-2,4,6,8-10,14H,3,5,7,11H2,(H,21,22). The molecule has 3 heterocycles. The number of para-hydroxylation sites is 1. The van der Waals surface area contributed by atoms with Crippen LogP contribution in [0.5, 0.6) is 0 Å². The van der Waals surface area contributed by atoms with E-state index in [2.05, 4.69) is 5.10 Å². The third kappa shape index (κ3) is 2.89. The molecule has 1 unspecified atom stereocenters. The van der Waals surface area contributed by atoms with Crippen LogP contribution in [0.4, 0.5) is 0 Å². The maximum atomic E-state index is 13.0. The van der Waals surface area contributed by atoms with Crippen LogP contribution in [-0.4, -0.2) is 46.7 Å². The van der Waals surface area contributed by atoms with E-state index >= 15 is 0 Å². The van der Waals surface area contributed by atoms with Crippen LogP contribution in [0.25, 0.3) is 11.0 Å². The molecule has 136 valence electrons. The number of nitrogens with zero attached hydrogens (tertiary/aromatic N) is 3. The molecule has 0 aliphatic carbocycles. The zero-order valence-electron chi connectivity index (χ0n) is 13.8. The third-order valence-corrected chi connectivity index (χ3v) is 6.30. The molecule has 1 atom stereocenters. The maximum Gasteiger partial charge on any atom is 0.338 e. The lowest BCUT2D eigenvalue weighted by Crippen LogP contribution is -2.40. The quantitative estimate of drug-likeness (QED) is 0.750. The van der Waals surface area contributed by atoms with Gasteiger partial charge in [-0.2, -0.15) is 9.40 Å². The molecule has 1 fully saturated rings. The minimum absolute atomic E-state index is 0.0777. The van der Waals surface area contributed by atoms with E-state index in [0.717, 1.165) is 11.8 Å². The van der Waals surface area contributed by atoms with Crippen LogP contribution in [0.2, 0.25) is 0 Å². The predicted molar refractivity (Wildman–Crippen MR) is 92.4 cm³/mol. The van der Waals surface area contributed by atoms with Gasteiger partial charge in [-0.1, -0.05) is 18.2 Å². The zero-order chi connectivity index (χ0) is 18.3. The van der Waals surface area contributed by atoms with Crippen molar-refractivity contribution in [3.05, 3.63) is 48.3 Å². The molecule has 4 rings (SSSR count). The molecular weight excluding hydrogens is 358 g/mol. The van der Waals surface area contributed by atoms with Gasteiger partial charge in [-0.15, -0.1) is 0 Å². The summed E-state index contributed by atoms with van der Waals surface area (Å²) in [5, 5.41) is 13.8. The fourth-order valence-electron chi connectivity index (χ4n) is 3.22. The number of hydrogen-bond donors (Lipinski definition) is 1. The van der Waals surface area contributed by atoms with Gasteiger partial charge in [0.2, 0.25) is 5.09 Å². The number of aromatic carboxylic acids is 1. The number of carboxylic acids is 1. The lowest BCUT2D eigenvalue weighted by molar-refractivity contribution is 0.0696. The second kappa shape index (κ2) is 6.26. The molecule has 0 bridgehead atoms. The summed E-state index contributed by atoms with van der Waals surface area (Å²) in [5.74, 6) is -1.06. The van der Waals surface area contributed by atoms with Crippen LogP contribution in [0.1, 0.15) is 29.2 Å². The van der Waals surface area contributed by atoms with E-state index in [1.807, 2.05) is 6.07 Å². The van der Waals surface area contributed by atoms with E-state index in [1.165, 1.54) is 27.4 Å². The SMILES string of the molecule is O=C(O)c1cnn(C2CCCN(S(=O)(=O)c3cc4ccccc4o3)C2)c1. The number of aromatic nitrogens is 2. The Balaban J connectivity index is 1.60. The first-order valence-electron chi connectivity index (χ1n) is 8.21. The summed E-state index contributed by atoms with van der Waals surface area (Å²) in [6, 6.07) is 8.46. The van der Waals surface area contributed by atoms with Crippen molar-refractivity contribution < 1.29 is 22.7 Å². The summed E-state index contributed by atoms with van der Waals surface area (Å²) in [6.07, 6.45) is 4.10. The first-order chi connectivity index (χ1) is 12.4. The molecule has 1 N–H and O–H groups in total. The van der Waals surface area contributed by atoms with Gasteiger partial charge in [-0.3, -0.25) is 4.68 Å². The van der Waals surface area contributed by atoms with Gasteiger partial charge in [0.05, 0.1) is 17.8 Å². The highest BCUT2D eigenvalue weighted by molar-refractivity contribution is 7.89. The number of furan rings is 1. The van der Waals surface area contributed by atoms with Gasteiger partial charge in [-0.05, 0) is 18.9 Å². The molecule has 2 aromatic heterocycles. The van der Waals surface area contributed by atoms with Crippen LogP contribution in [0.3, 0.4) is 0 Å². The van der Waals surface area contributed by atoms with E-state index in [4.69, 9.17) is 9.52 Å². The van der Waals surface area contributed by atoms with Crippen LogP contribution in [-0.2, 0) is 10.0 Å². The number of fused-ring (bicyclic) bond motifs is 1. The van der Waals surface area contributed by atoms with Crippen molar-refractivity contribution >= 4 is 27.0 Å². The number of rotatable bonds is 4. The number of sulfonamides is 1. The van der Waals surface area contributed by atoms with Crippen LogP contribution in [0, 0.1) is 0 Å². The van der Waals surface area contributed by atoms with Gasteiger partial charge in [0, 0.05) is 30.7 Å². The van der Waals surface area contributed by atoms with Crippen molar-refractivity contribution in [3.63, 3.8) is 0 Å². The lowest BCUT2D eigenvalue weighted by atomic mass is 10.1. The normalized spacial score (nSPS) is 19.0. The molecule has 1 aromatic carbocycles. The fraction of sp³-hybridized carbons (Fsp3) is 0.294. The Labute approximate surface area is 149 Å². The first kappa shape index (κ1) is 16.8. The largest absolute Gasteiger partial charge is 0.478 e. The number of carboxylic acid groups (broad SMARTS) is 1. The molecule has 9 heteroatoms. The molecule has 26 heavy (non-hydrogen) atoms. The minimum atomic E-state index is -3.77. The second-order valence-corrected chi connectivity index (χ2v) is 8.15. The van der Waals surface area contributed by atoms with Crippen molar-refractivity contribution in [2.45, 2.75) is 24.0 Å². The van der Waals surface area contributed by atoms with Crippen molar-refractivity contribution in [2.24, 2.45) is 0 Å². The molecule has 0 saturated carbocycles. The molecule has 3 aromatic rings. The van der Waals surface area contributed by atoms with Gasteiger partial charge in [-0.25, -0.2) is 13.2 Å². The highest BCUT2D eigenvalue weighted by atomic mass is 32.2. The van der Waals surface area contributed by atoms with E-state index in [9.17, 15) is 13.2 Å². The van der Waals surface area contributed by atoms with Crippen molar-refractivity contribution in [1.82, 2.24) is 14.1 Å². The summed E-state index contributed by atoms with van der Waals surface area (Å²) in [4.78, 5) is 11.0. The van der Waals surface area contributed by atoms with Gasteiger partial charge in [0.1, 0.15) is 5.58 Å². The molecule has 8 nitrogen and oxygen atoms in total. The third-order valence-electron chi connectivity index (χ3n) is 4.58. The monoisotopic (exact) mass is 375 g/mol. The second-order valence-electron chi connectivity index (χ2n) is 6.28. The van der Waals surface area contributed by atoms with Crippen LogP contribution in [0.15, 0.2) is 52.2 Å². The minimum Gasteiger partial charge on any atom is -0.478 e. The fourth-order valence-corrected chi connectivity index (χ4v) is 4.68. The molecule has 0 radical (unpaired) electrons. The number of carbonyl (C=O) groups is 1. The highest BCUT2D eigenvalue weighted by Crippen LogP contribution is 2.29. The Morgan fingerprint density at radius 3 is 2.85 bits per heavy atom. The summed E-state index contributed by atoms with van der Waals surface area (Å²) in [7, 11) is -3.77. The van der Waals surface area contributed by atoms with E-state index in [1.54, 1.807) is 18.2 Å². The van der Waals surface area contributed by atoms with Crippen molar-refractivity contribution in [2.75, 3.05) is 13.1 Å². The molecule has 0 spiro atoms. The highest BCUT2D eigenvalue weighted by Gasteiger charge is 2.33.